The Morgan fingerprint density at radius 2 is 1.93 bits per heavy atom. The molecule has 2 N–H and O–H groups in total. The van der Waals surface area contributed by atoms with Crippen LogP contribution in [-0.4, -0.2) is 24.1 Å². The van der Waals surface area contributed by atoms with Crippen LogP contribution >= 0.6 is 0 Å². The minimum absolute atomic E-state index is 0.00914. The van der Waals surface area contributed by atoms with Gasteiger partial charge in [0.15, 0.2) is 0 Å². The fourth-order valence-electron chi connectivity index (χ4n) is 0.788. The Kier molecular flexibility index (Phi) is 6.33. The minimum atomic E-state index is -0.220. The van der Waals surface area contributed by atoms with E-state index >= 15 is 0 Å². The number of hydrazone groups is 1. The van der Waals surface area contributed by atoms with E-state index in [-0.39, 0.29) is 17.7 Å². The van der Waals surface area contributed by atoms with Crippen molar-refractivity contribution >= 4 is 17.5 Å². The van der Waals surface area contributed by atoms with Crippen LogP contribution in [0, 0.1) is 5.92 Å². The van der Waals surface area contributed by atoms with Crippen molar-refractivity contribution in [1.82, 2.24) is 10.7 Å². The molecule has 86 valence electrons. The van der Waals surface area contributed by atoms with Crippen LogP contribution in [0.4, 0.5) is 0 Å². The van der Waals surface area contributed by atoms with Gasteiger partial charge in [0.1, 0.15) is 0 Å². The summed E-state index contributed by atoms with van der Waals surface area (Å²) < 4.78 is 0. The lowest BCUT2D eigenvalue weighted by molar-refractivity contribution is -0.124. The Bertz CT molecular complexity index is 261. The molecule has 15 heavy (non-hydrogen) atoms. The third kappa shape index (κ3) is 6.65. The van der Waals surface area contributed by atoms with Gasteiger partial charge < -0.3 is 5.32 Å². The Morgan fingerprint density at radius 3 is 2.40 bits per heavy atom. The number of carbonyl (C=O) groups is 2. The molecule has 0 aromatic carbocycles. The Balaban J connectivity index is 3.89. The summed E-state index contributed by atoms with van der Waals surface area (Å²) >= 11 is 0. The number of carbonyl (C=O) groups excluding carboxylic acids is 2. The van der Waals surface area contributed by atoms with Crippen molar-refractivity contribution in [1.29, 1.82) is 0 Å². The molecule has 1 unspecified atom stereocenters. The van der Waals surface area contributed by atoms with E-state index in [1.54, 1.807) is 6.92 Å². The van der Waals surface area contributed by atoms with Crippen LogP contribution in [-0.2, 0) is 9.59 Å². The molecule has 0 bridgehead atoms. The lowest BCUT2D eigenvalue weighted by atomic mass is 10.1. The van der Waals surface area contributed by atoms with Gasteiger partial charge >= 0.3 is 0 Å². The molecule has 0 spiro atoms. The maximum absolute atomic E-state index is 11.4. The normalized spacial score (nSPS) is 13.2. The van der Waals surface area contributed by atoms with E-state index in [1.165, 1.54) is 6.92 Å². The fraction of sp³-hybridized carbons (Fsp3) is 0.700. The highest BCUT2D eigenvalue weighted by Gasteiger charge is 2.09. The average molecular weight is 213 g/mol. The largest absolute Gasteiger partial charge is 0.351 e. The van der Waals surface area contributed by atoms with Crippen molar-refractivity contribution in [2.45, 2.75) is 34.1 Å². The first-order chi connectivity index (χ1) is 6.97. The molecule has 0 fully saturated rings. The molecule has 5 nitrogen and oxygen atoms in total. The quantitative estimate of drug-likeness (QED) is 0.520. The zero-order chi connectivity index (χ0) is 11.8. The molecular weight excluding hydrogens is 194 g/mol. The molecule has 0 radical (unpaired) electrons. The van der Waals surface area contributed by atoms with Gasteiger partial charge in [0.05, 0.1) is 12.3 Å². The van der Waals surface area contributed by atoms with E-state index in [9.17, 15) is 9.59 Å². The van der Waals surface area contributed by atoms with E-state index in [0.29, 0.717) is 12.3 Å². The third-order valence-corrected chi connectivity index (χ3v) is 1.98. The second-order valence-electron chi connectivity index (χ2n) is 3.54. The Hall–Kier alpha value is -1.39. The van der Waals surface area contributed by atoms with Crippen molar-refractivity contribution in [2.24, 2.45) is 11.0 Å². The highest BCUT2D eigenvalue weighted by Crippen LogP contribution is 1.98. The number of rotatable bonds is 5. The van der Waals surface area contributed by atoms with Crippen molar-refractivity contribution in [3.05, 3.63) is 0 Å². The van der Waals surface area contributed by atoms with Crippen LogP contribution in [0.1, 0.15) is 34.1 Å². The number of nitrogens with zero attached hydrogens (tertiary/aromatic N) is 1. The molecule has 2 amide bonds. The van der Waals surface area contributed by atoms with Crippen LogP contribution in [0.3, 0.4) is 0 Å². The predicted molar refractivity (Wildman–Crippen MR) is 59.4 cm³/mol. The topological polar surface area (TPSA) is 70.6 Å². The molecule has 0 heterocycles. The predicted octanol–water partition coefficient (Wildman–Crippen LogP) is 0.661. The summed E-state index contributed by atoms with van der Waals surface area (Å²) in [7, 11) is 0. The first-order valence-electron chi connectivity index (χ1n) is 5.04. The zero-order valence-electron chi connectivity index (χ0n) is 9.76. The van der Waals surface area contributed by atoms with Gasteiger partial charge in [0, 0.05) is 12.8 Å². The van der Waals surface area contributed by atoms with Crippen LogP contribution in [0.5, 0.6) is 0 Å². The Labute approximate surface area is 90.3 Å². The molecule has 0 aliphatic rings. The van der Waals surface area contributed by atoms with E-state index in [1.807, 2.05) is 13.8 Å². The smallest absolute Gasteiger partial charge is 0.236 e. The summed E-state index contributed by atoms with van der Waals surface area (Å²) in [5.41, 5.74) is 2.98. The molecule has 0 saturated heterocycles. The second kappa shape index (κ2) is 6.98. The molecule has 0 aliphatic heterocycles. The van der Waals surface area contributed by atoms with Crippen LogP contribution < -0.4 is 10.7 Å². The van der Waals surface area contributed by atoms with E-state index < -0.39 is 0 Å². The molecule has 0 rings (SSSR count). The van der Waals surface area contributed by atoms with Crippen molar-refractivity contribution in [2.75, 3.05) is 6.54 Å². The third-order valence-electron chi connectivity index (χ3n) is 1.98. The fourth-order valence-corrected chi connectivity index (χ4v) is 0.788. The van der Waals surface area contributed by atoms with Crippen LogP contribution in [0.2, 0.25) is 0 Å². The first kappa shape index (κ1) is 13.6. The highest BCUT2D eigenvalue weighted by atomic mass is 16.2. The molecular formula is C10H19N3O2. The summed E-state index contributed by atoms with van der Waals surface area (Å²) in [6.45, 7) is 7.32. The maximum Gasteiger partial charge on any atom is 0.236 e. The number of hydrogen-bond acceptors (Lipinski definition) is 3. The zero-order valence-corrected chi connectivity index (χ0v) is 9.76. The van der Waals surface area contributed by atoms with Gasteiger partial charge in [-0.1, -0.05) is 13.8 Å². The lowest BCUT2D eigenvalue weighted by Gasteiger charge is -2.09. The van der Waals surface area contributed by atoms with Gasteiger partial charge in [-0.15, -0.1) is 0 Å². The Morgan fingerprint density at radius 1 is 1.33 bits per heavy atom. The molecule has 1 atom stereocenters. The highest BCUT2D eigenvalue weighted by molar-refractivity contribution is 5.89. The van der Waals surface area contributed by atoms with E-state index in [4.69, 9.17) is 0 Å². The molecule has 5 heteroatoms. The maximum atomic E-state index is 11.4. The average Bonchev–Trinajstić information content (AvgIpc) is 2.21. The van der Waals surface area contributed by atoms with Gasteiger partial charge in [-0.05, 0) is 13.3 Å². The number of amides is 2. The van der Waals surface area contributed by atoms with Crippen LogP contribution in [0.15, 0.2) is 5.10 Å². The van der Waals surface area contributed by atoms with Gasteiger partial charge in [-0.25, -0.2) is 5.43 Å². The van der Waals surface area contributed by atoms with E-state index in [2.05, 4.69) is 15.8 Å². The van der Waals surface area contributed by atoms with Gasteiger partial charge in [-0.2, -0.15) is 5.10 Å². The van der Waals surface area contributed by atoms with Crippen molar-refractivity contribution in [3.63, 3.8) is 0 Å². The van der Waals surface area contributed by atoms with Gasteiger partial charge in [0.2, 0.25) is 11.8 Å². The summed E-state index contributed by atoms with van der Waals surface area (Å²) in [5, 5.41) is 6.52. The van der Waals surface area contributed by atoms with Crippen LogP contribution in [0.25, 0.3) is 0 Å². The minimum Gasteiger partial charge on any atom is -0.351 e. The lowest BCUT2D eigenvalue weighted by Crippen LogP contribution is -2.33. The summed E-state index contributed by atoms with van der Waals surface area (Å²) in [4.78, 5) is 21.9. The standard InChI is InChI=1S/C10H19N3O2/c1-5-7(2)10(15)11-6-8(3)12-13-9(4)14/h7H,5-6H2,1-4H3,(H,11,15)(H,13,14)/b12-8+. The SMILES string of the molecule is CCC(C)C(=O)NC/C(C)=N/NC(C)=O. The molecule has 0 aromatic heterocycles. The number of hydrogen-bond donors (Lipinski definition) is 2. The first-order valence-corrected chi connectivity index (χ1v) is 5.04. The van der Waals surface area contributed by atoms with E-state index in [0.717, 1.165) is 6.42 Å². The van der Waals surface area contributed by atoms with Gasteiger partial charge in [-0.3, -0.25) is 9.59 Å². The molecule has 0 aromatic rings. The summed E-state index contributed by atoms with van der Waals surface area (Å²) in [5.74, 6) is -0.198. The van der Waals surface area contributed by atoms with Crippen molar-refractivity contribution < 1.29 is 9.59 Å². The second-order valence-corrected chi connectivity index (χ2v) is 3.54. The summed E-state index contributed by atoms with van der Waals surface area (Å²) in [6, 6.07) is 0. The van der Waals surface area contributed by atoms with Gasteiger partial charge in [0.25, 0.3) is 0 Å². The molecule has 0 saturated carbocycles. The molecule has 0 aliphatic carbocycles. The van der Waals surface area contributed by atoms with Crippen molar-refractivity contribution in [3.8, 4) is 0 Å². The monoisotopic (exact) mass is 213 g/mol. The number of nitrogens with one attached hydrogen (secondary N) is 2. The summed E-state index contributed by atoms with van der Waals surface area (Å²) in [6.07, 6.45) is 0.813.